The van der Waals surface area contributed by atoms with Crippen LogP contribution in [-0.2, 0) is 0 Å². The average Bonchev–Trinajstić information content (AvgIpc) is 0.825. The van der Waals surface area contributed by atoms with Gasteiger partial charge in [-0.25, -0.2) is 0 Å². The molecule has 0 aliphatic carbocycles. The molecule has 28 aromatic rings. The lowest BCUT2D eigenvalue weighted by Crippen LogP contribution is -2.76. The van der Waals surface area contributed by atoms with Gasteiger partial charge in [-0.1, -0.05) is 267 Å². The van der Waals surface area contributed by atoms with Gasteiger partial charge in [0.15, 0.2) is 8.07 Å². The lowest BCUT2D eigenvalue weighted by atomic mass is 9.98. The Balaban J connectivity index is 0.000000101. The number of hydrogen-bond acceptors (Lipinski definition) is 6. The molecule has 0 amide bonds. The molecular weight excluding hydrogens is 1610 g/mol. The number of fused-ring (bicyclic) bond motifs is 26. The third kappa shape index (κ3) is 11.4. The van der Waals surface area contributed by atoms with Crippen molar-refractivity contribution in [1.82, 2.24) is 13.7 Å². The van der Waals surface area contributed by atoms with E-state index in [-0.39, 0.29) is 0 Å². The molecule has 0 N–H and O–H groups in total. The van der Waals surface area contributed by atoms with Gasteiger partial charge in [0.1, 0.15) is 67.3 Å². The molecular formula is C120H73N3O6Si. The van der Waals surface area contributed by atoms with Crippen LogP contribution >= 0.6 is 0 Å². The molecule has 0 bridgehead atoms. The highest BCUT2D eigenvalue weighted by Crippen LogP contribution is 2.45. The Morgan fingerprint density at radius 2 is 0.415 bits per heavy atom. The van der Waals surface area contributed by atoms with E-state index in [9.17, 15) is 0 Å². The van der Waals surface area contributed by atoms with Crippen LogP contribution in [0.25, 0.3) is 226 Å². The Labute approximate surface area is 744 Å². The first-order chi connectivity index (χ1) is 64.4. The summed E-state index contributed by atoms with van der Waals surface area (Å²) in [6.45, 7) is 0. The lowest BCUT2D eigenvalue weighted by Gasteiger charge is -2.39. The summed E-state index contributed by atoms with van der Waals surface area (Å²) in [6.07, 6.45) is 0. The van der Waals surface area contributed by atoms with Crippen LogP contribution in [0.15, 0.2) is 465 Å². The van der Waals surface area contributed by atoms with Crippen LogP contribution in [0, 0.1) is 0 Å². The topological polar surface area (TPSA) is 89.7 Å². The highest BCUT2D eigenvalue weighted by Gasteiger charge is 2.48. The van der Waals surface area contributed by atoms with Crippen LogP contribution in [0.5, 0.6) is 11.5 Å². The predicted octanol–water partition coefficient (Wildman–Crippen LogP) is 30.3. The van der Waals surface area contributed by atoms with Crippen molar-refractivity contribution in [3.63, 3.8) is 0 Å². The second-order valence-electron chi connectivity index (χ2n) is 34.0. The number of nitrogens with zero attached hydrogens (tertiary/aromatic N) is 3. The molecule has 20 aromatic carbocycles. The quantitative estimate of drug-likeness (QED) is 0.141. The first-order valence-electron chi connectivity index (χ1n) is 44.1. The molecule has 608 valence electrons. The fraction of sp³-hybridized carbons (Fsp3) is 0. The van der Waals surface area contributed by atoms with Crippen molar-refractivity contribution >= 4 is 204 Å². The van der Waals surface area contributed by atoms with Crippen molar-refractivity contribution in [2.24, 2.45) is 0 Å². The molecule has 10 heteroatoms. The van der Waals surface area contributed by atoms with Gasteiger partial charge < -0.3 is 40.5 Å². The number of hydrogen-bond donors (Lipinski definition) is 0. The number of benzene rings is 20. The zero-order chi connectivity index (χ0) is 85.2. The fourth-order valence-corrected chi connectivity index (χ4v) is 26.0. The normalized spacial score (nSPS) is 12.6. The van der Waals surface area contributed by atoms with Crippen molar-refractivity contribution in [1.29, 1.82) is 0 Å². The zero-order valence-electron chi connectivity index (χ0n) is 69.9. The molecule has 29 rings (SSSR count). The van der Waals surface area contributed by atoms with E-state index in [4.69, 9.17) is 26.8 Å². The predicted molar refractivity (Wildman–Crippen MR) is 539 cm³/mol. The molecule has 0 unspecified atom stereocenters. The van der Waals surface area contributed by atoms with E-state index in [0.29, 0.717) is 0 Å². The number of para-hydroxylation sites is 10. The highest BCUT2D eigenvalue weighted by molar-refractivity contribution is 7.21. The van der Waals surface area contributed by atoms with E-state index < -0.39 is 8.07 Å². The maximum absolute atomic E-state index is 6.56. The summed E-state index contributed by atoms with van der Waals surface area (Å²) < 4.78 is 44.8. The SMILES string of the molecule is c1cc(-c2ccc3oc4ccc(-n5c6ccccc6c6ccccc65)cc4c3c2)cc(-n2c3ccccc3c3ccccc32)c1.c1ccc([Si]2(c3ccc4oc5ccc(-n6c7ccccc7c7ccccc76)cc5c4c3)c3ccccc3Oc3ccccc32)cc1.c1ccc2c(c1)oc1ccc(-c3ccc4oc5ccc(-c6ccc7oc8ccccc8c7c6)cc5c4c3)cc12. The van der Waals surface area contributed by atoms with E-state index in [0.717, 1.165) is 166 Å². The largest absolute Gasteiger partial charge is 0.458 e. The Morgan fingerprint density at radius 1 is 0.154 bits per heavy atom. The third-order valence-electron chi connectivity index (χ3n) is 26.9. The van der Waals surface area contributed by atoms with E-state index in [2.05, 4.69) is 432 Å². The molecule has 8 aromatic heterocycles. The Kier molecular flexibility index (Phi) is 16.3. The van der Waals surface area contributed by atoms with Crippen molar-refractivity contribution < 1.29 is 26.8 Å². The first kappa shape index (κ1) is 73.2. The number of ether oxygens (including phenoxy) is 1. The van der Waals surface area contributed by atoms with Crippen LogP contribution in [0.2, 0.25) is 0 Å². The van der Waals surface area contributed by atoms with Gasteiger partial charge in [0, 0.05) is 103 Å². The summed E-state index contributed by atoms with van der Waals surface area (Å²) in [5.74, 6) is 1.87. The third-order valence-corrected chi connectivity index (χ3v) is 31.7. The average molecular weight is 1680 g/mol. The summed E-state index contributed by atoms with van der Waals surface area (Å²) >= 11 is 0. The van der Waals surface area contributed by atoms with Gasteiger partial charge in [-0.2, -0.15) is 0 Å². The fourth-order valence-electron chi connectivity index (χ4n) is 21.1. The monoisotopic (exact) mass is 1680 g/mol. The highest BCUT2D eigenvalue weighted by atomic mass is 28.3. The standard InChI is InChI=1S/C42H26N2O.C42H27NO2Si.C36H20O3/c1-5-16-37-31(12-1)32-13-2-6-17-38(32)43(37)29-11-9-10-27(24-29)28-20-22-41-35(25-28)36-26-30(21-23-42(36)45-41)44-39-18-7-3-14-33(39)34-15-4-8-19-40(34)44;1-2-12-29(13-3-1)46(41-20-10-8-18-39(41)45-40-19-9-11-21-42(40)46)30-23-25-38-34(27-30)33-26-28(22-24-37(33)44-38)43-35-16-6-4-14-31(35)32-15-5-7-17-36(32)43;1-3-7-31-25(5-1)27-17-21(9-13-33(27)37-31)23-11-15-35-29(19-23)30-20-24(12-16-36(30)39-35)22-10-14-34-28(18-22)26-6-2-4-8-32(26)38-34/h1-26H;1-27H;1-20H. The molecule has 9 nitrogen and oxygen atoms in total. The van der Waals surface area contributed by atoms with Crippen LogP contribution in [0.4, 0.5) is 0 Å². The van der Waals surface area contributed by atoms with Gasteiger partial charge in [-0.3, -0.25) is 0 Å². The van der Waals surface area contributed by atoms with Crippen LogP contribution < -0.4 is 25.5 Å². The summed E-state index contributed by atoms with van der Waals surface area (Å²) in [5.41, 5.74) is 26.5. The minimum Gasteiger partial charge on any atom is -0.458 e. The van der Waals surface area contributed by atoms with Crippen LogP contribution in [0.1, 0.15) is 0 Å². The molecule has 0 spiro atoms. The molecule has 9 heterocycles. The Bertz CT molecular complexity index is 9160. The van der Waals surface area contributed by atoms with Crippen LogP contribution in [-0.4, -0.2) is 21.8 Å². The molecule has 0 saturated carbocycles. The molecule has 1 aliphatic rings. The minimum atomic E-state index is -2.77. The number of furan rings is 5. The van der Waals surface area contributed by atoms with Gasteiger partial charge in [0.05, 0.1) is 33.1 Å². The summed E-state index contributed by atoms with van der Waals surface area (Å²) in [4.78, 5) is 0. The Morgan fingerprint density at radius 3 is 0.785 bits per heavy atom. The zero-order valence-corrected chi connectivity index (χ0v) is 70.9. The van der Waals surface area contributed by atoms with E-state index in [1.807, 2.05) is 24.3 Å². The second-order valence-corrected chi connectivity index (χ2v) is 37.7. The molecule has 0 atom stereocenters. The van der Waals surface area contributed by atoms with E-state index in [1.165, 1.54) is 91.7 Å². The van der Waals surface area contributed by atoms with Gasteiger partial charge in [-0.05, 0) is 230 Å². The molecule has 130 heavy (non-hydrogen) atoms. The molecule has 0 saturated heterocycles. The summed E-state index contributed by atoms with van der Waals surface area (Å²) in [5, 5.41) is 23.9. The van der Waals surface area contributed by atoms with E-state index in [1.54, 1.807) is 0 Å². The van der Waals surface area contributed by atoms with Gasteiger partial charge >= 0.3 is 0 Å². The van der Waals surface area contributed by atoms with E-state index >= 15 is 0 Å². The number of rotatable bonds is 8. The summed E-state index contributed by atoms with van der Waals surface area (Å²) in [7, 11) is -2.77. The smallest absolute Gasteiger partial charge is 0.188 e. The maximum Gasteiger partial charge on any atom is 0.188 e. The molecule has 0 radical (unpaired) electrons. The van der Waals surface area contributed by atoms with Crippen molar-refractivity contribution in [3.05, 3.63) is 443 Å². The molecule has 1 aliphatic heterocycles. The minimum absolute atomic E-state index is 0.886. The maximum atomic E-state index is 6.56. The second kappa shape index (κ2) is 28.9. The van der Waals surface area contributed by atoms with Gasteiger partial charge in [0.2, 0.25) is 0 Å². The summed E-state index contributed by atoms with van der Waals surface area (Å²) in [6, 6.07) is 158. The molecule has 0 fully saturated rings. The van der Waals surface area contributed by atoms with Gasteiger partial charge in [-0.15, -0.1) is 0 Å². The van der Waals surface area contributed by atoms with Gasteiger partial charge in [0.25, 0.3) is 0 Å². The van der Waals surface area contributed by atoms with Crippen molar-refractivity contribution in [2.75, 3.05) is 0 Å². The van der Waals surface area contributed by atoms with Crippen LogP contribution in [0.3, 0.4) is 0 Å². The number of aromatic nitrogens is 3. The first-order valence-corrected chi connectivity index (χ1v) is 46.1. The van der Waals surface area contributed by atoms with Crippen molar-refractivity contribution in [2.45, 2.75) is 0 Å². The lowest BCUT2D eigenvalue weighted by molar-refractivity contribution is 0.487. The Hall–Kier alpha value is -17.2. The van der Waals surface area contributed by atoms with Crippen molar-refractivity contribution in [3.8, 4) is 61.9 Å².